The molecule has 1 amide bonds. The van der Waals surface area contributed by atoms with Crippen LogP contribution in [0.5, 0.6) is 0 Å². The fourth-order valence-corrected chi connectivity index (χ4v) is 4.79. The van der Waals surface area contributed by atoms with Crippen LogP contribution in [0.4, 0.5) is 0 Å². The van der Waals surface area contributed by atoms with Gasteiger partial charge in [0.15, 0.2) is 0 Å². The van der Waals surface area contributed by atoms with Crippen LogP contribution < -0.4 is 34.7 Å². The van der Waals surface area contributed by atoms with Gasteiger partial charge in [-0.3, -0.25) is 9.69 Å². The van der Waals surface area contributed by atoms with E-state index in [-0.39, 0.29) is 46.5 Å². The number of carbonyl (C=O) groups excluding carboxylic acids is 2. The molecule has 0 radical (unpaired) electrons. The van der Waals surface area contributed by atoms with E-state index in [2.05, 4.69) is 0 Å². The Labute approximate surface area is 136 Å². The number of rotatable bonds is 4. The number of aliphatic hydroxyl groups excluding tert-OH is 1. The second-order valence-electron chi connectivity index (χ2n) is 3.84. The number of aliphatic carboxylic acids is 1. The maximum Gasteiger partial charge on any atom is 1.00 e. The van der Waals surface area contributed by atoms with Gasteiger partial charge >= 0.3 is 29.6 Å². The SMILES string of the molecule is CCSC1=C(C(=O)[O-])N2C(=O)[C@H](C(C)O)[C@H]2S1.[Na+]. The fourth-order valence-electron chi connectivity index (χ4n) is 1.97. The predicted molar refractivity (Wildman–Crippen MR) is 63.6 cm³/mol. The van der Waals surface area contributed by atoms with Crippen LogP contribution in [0.2, 0.25) is 0 Å². The Kier molecular flexibility index (Phi) is 5.64. The third kappa shape index (κ3) is 2.48. The van der Waals surface area contributed by atoms with Gasteiger partial charge in [-0.2, -0.15) is 0 Å². The molecule has 94 valence electrons. The zero-order valence-corrected chi connectivity index (χ0v) is 14.0. The van der Waals surface area contributed by atoms with Crippen molar-refractivity contribution in [3.63, 3.8) is 0 Å². The molecule has 0 bridgehead atoms. The second kappa shape index (κ2) is 6.19. The number of carboxylic acids is 1. The van der Waals surface area contributed by atoms with Crippen LogP contribution in [0.15, 0.2) is 9.93 Å². The van der Waals surface area contributed by atoms with Crippen LogP contribution in [-0.4, -0.2) is 39.1 Å². The maximum atomic E-state index is 11.8. The standard InChI is InChI=1S/C10H13NO4S2.Na/c1-3-16-10-6(9(14)15)11-7(13)5(4(2)12)8(11)17-10;/h4-5,8,12H,3H2,1-2H3,(H,14,15);/q;+1/p-1/t4?,5-,8+;/m0./s1. The molecule has 18 heavy (non-hydrogen) atoms. The summed E-state index contributed by atoms with van der Waals surface area (Å²) in [6.45, 7) is 3.46. The number of fused-ring (bicyclic) bond motifs is 1. The summed E-state index contributed by atoms with van der Waals surface area (Å²) in [5, 5.41) is 20.2. The molecular formula is C10H12NNaO4S2. The normalized spacial score (nSPS) is 27.5. The summed E-state index contributed by atoms with van der Waals surface area (Å²) in [6.07, 6.45) is -0.759. The van der Waals surface area contributed by atoms with Gasteiger partial charge in [-0.15, -0.1) is 11.8 Å². The molecule has 1 saturated heterocycles. The first kappa shape index (κ1) is 16.4. The Morgan fingerprint density at radius 2 is 2.28 bits per heavy atom. The third-order valence-corrected chi connectivity index (χ3v) is 5.27. The topological polar surface area (TPSA) is 80.7 Å². The van der Waals surface area contributed by atoms with Gasteiger partial charge < -0.3 is 15.0 Å². The molecule has 3 atom stereocenters. The molecule has 0 aromatic heterocycles. The smallest absolute Gasteiger partial charge is 0.543 e. The van der Waals surface area contributed by atoms with E-state index < -0.39 is 18.0 Å². The number of hydrogen-bond donors (Lipinski definition) is 1. The number of β-lactam (4-membered cyclic amide) rings is 1. The van der Waals surface area contributed by atoms with Gasteiger partial charge in [0, 0.05) is 0 Å². The van der Waals surface area contributed by atoms with E-state index in [1.807, 2.05) is 6.92 Å². The summed E-state index contributed by atoms with van der Waals surface area (Å²) in [5.74, 6) is -1.44. The van der Waals surface area contributed by atoms with Crippen molar-refractivity contribution < 1.29 is 49.4 Å². The quantitative estimate of drug-likeness (QED) is 0.430. The van der Waals surface area contributed by atoms with Crippen molar-refractivity contribution in [1.82, 2.24) is 4.90 Å². The monoisotopic (exact) mass is 297 g/mol. The third-order valence-electron chi connectivity index (χ3n) is 2.73. The van der Waals surface area contributed by atoms with Gasteiger partial charge in [0.2, 0.25) is 5.91 Å². The summed E-state index contributed by atoms with van der Waals surface area (Å²) < 4.78 is 0.606. The summed E-state index contributed by atoms with van der Waals surface area (Å²) in [5.41, 5.74) is -0.0336. The first-order chi connectivity index (χ1) is 7.99. The molecule has 0 aromatic carbocycles. The average Bonchev–Trinajstić information content (AvgIpc) is 2.53. The maximum absolute atomic E-state index is 11.8. The van der Waals surface area contributed by atoms with E-state index in [4.69, 9.17) is 0 Å². The Morgan fingerprint density at radius 3 is 2.72 bits per heavy atom. The molecule has 5 nitrogen and oxygen atoms in total. The predicted octanol–water partition coefficient (Wildman–Crippen LogP) is -3.43. The van der Waals surface area contributed by atoms with Crippen molar-refractivity contribution >= 4 is 35.4 Å². The summed E-state index contributed by atoms with van der Waals surface area (Å²) in [7, 11) is 0. The van der Waals surface area contributed by atoms with Crippen LogP contribution in [0.25, 0.3) is 0 Å². The molecule has 0 saturated carbocycles. The van der Waals surface area contributed by atoms with Gasteiger partial charge in [0.05, 0.1) is 27.9 Å². The van der Waals surface area contributed by atoms with Crippen molar-refractivity contribution in [2.45, 2.75) is 25.3 Å². The number of amides is 1. The van der Waals surface area contributed by atoms with Crippen LogP contribution in [0.1, 0.15) is 13.8 Å². The Morgan fingerprint density at radius 1 is 1.67 bits per heavy atom. The molecule has 1 unspecified atom stereocenters. The number of nitrogens with zero attached hydrogens (tertiary/aromatic N) is 1. The molecule has 8 heteroatoms. The molecular weight excluding hydrogens is 285 g/mol. The zero-order valence-electron chi connectivity index (χ0n) is 10.4. The Balaban J connectivity index is 0.00000162. The largest absolute Gasteiger partial charge is 1.00 e. The number of thioether (sulfide) groups is 2. The van der Waals surface area contributed by atoms with E-state index in [0.29, 0.717) is 4.24 Å². The van der Waals surface area contributed by atoms with E-state index in [1.165, 1.54) is 28.4 Å². The molecule has 2 heterocycles. The number of carboxylic acid groups (broad SMARTS) is 1. The van der Waals surface area contributed by atoms with Gasteiger partial charge in [0.1, 0.15) is 5.37 Å². The van der Waals surface area contributed by atoms with Gasteiger partial charge in [-0.1, -0.05) is 18.7 Å². The van der Waals surface area contributed by atoms with Crippen molar-refractivity contribution in [3.05, 3.63) is 9.93 Å². The zero-order chi connectivity index (χ0) is 12.7. The minimum atomic E-state index is -1.33. The minimum Gasteiger partial charge on any atom is -0.543 e. The fraction of sp³-hybridized carbons (Fsp3) is 0.600. The van der Waals surface area contributed by atoms with E-state index in [0.717, 1.165) is 5.75 Å². The molecule has 0 spiro atoms. The van der Waals surface area contributed by atoms with Crippen molar-refractivity contribution in [3.8, 4) is 0 Å². The van der Waals surface area contributed by atoms with E-state index >= 15 is 0 Å². The number of hydrogen-bond acceptors (Lipinski definition) is 6. The summed E-state index contributed by atoms with van der Waals surface area (Å²) in [4.78, 5) is 24.0. The van der Waals surface area contributed by atoms with Crippen LogP contribution in [0, 0.1) is 5.92 Å². The average molecular weight is 297 g/mol. The van der Waals surface area contributed by atoms with Crippen molar-refractivity contribution in [2.24, 2.45) is 5.92 Å². The second-order valence-corrected chi connectivity index (χ2v) is 6.50. The van der Waals surface area contributed by atoms with Crippen LogP contribution >= 0.6 is 23.5 Å². The van der Waals surface area contributed by atoms with E-state index in [1.54, 1.807) is 6.92 Å². The van der Waals surface area contributed by atoms with Gasteiger partial charge in [-0.05, 0) is 12.7 Å². The summed E-state index contributed by atoms with van der Waals surface area (Å²) >= 11 is 2.71. The van der Waals surface area contributed by atoms with Crippen LogP contribution in [-0.2, 0) is 9.59 Å². The minimum absolute atomic E-state index is 0. The Hall–Kier alpha value is 0.340. The van der Waals surface area contributed by atoms with Gasteiger partial charge in [-0.25, -0.2) is 0 Å². The van der Waals surface area contributed by atoms with Gasteiger partial charge in [0.25, 0.3) is 0 Å². The molecule has 0 aromatic rings. The van der Waals surface area contributed by atoms with Crippen molar-refractivity contribution in [2.75, 3.05) is 5.75 Å². The first-order valence-electron chi connectivity index (χ1n) is 5.25. The van der Waals surface area contributed by atoms with E-state index in [9.17, 15) is 19.8 Å². The molecule has 2 aliphatic rings. The molecule has 0 aliphatic carbocycles. The number of carbonyl (C=O) groups is 2. The molecule has 1 N–H and O–H groups in total. The first-order valence-corrected chi connectivity index (χ1v) is 7.11. The van der Waals surface area contributed by atoms with Crippen molar-refractivity contribution in [1.29, 1.82) is 0 Å². The Bertz CT molecular complexity index is 413. The molecule has 2 aliphatic heterocycles. The van der Waals surface area contributed by atoms with Crippen LogP contribution in [0.3, 0.4) is 0 Å². The number of aliphatic hydroxyl groups is 1. The summed E-state index contributed by atoms with van der Waals surface area (Å²) in [6, 6.07) is 0. The molecule has 1 fully saturated rings. The molecule has 2 rings (SSSR count).